The molecule has 1 unspecified atom stereocenters. The lowest BCUT2D eigenvalue weighted by molar-refractivity contribution is 0.235. The van der Waals surface area contributed by atoms with Crippen molar-refractivity contribution in [1.82, 2.24) is 0 Å². The minimum Gasteiger partial charge on any atom is -0.489 e. The third-order valence-electron chi connectivity index (χ3n) is 4.04. The van der Waals surface area contributed by atoms with Gasteiger partial charge < -0.3 is 10.1 Å². The molecule has 0 aliphatic heterocycles. The molecule has 3 rings (SSSR count). The van der Waals surface area contributed by atoms with Crippen LogP contribution >= 0.6 is 0 Å². The van der Waals surface area contributed by atoms with E-state index in [-0.39, 0.29) is 6.10 Å². The summed E-state index contributed by atoms with van der Waals surface area (Å²) in [5.74, 6) is 0.925. The van der Waals surface area contributed by atoms with Crippen LogP contribution in [0.15, 0.2) is 66.7 Å². The third-order valence-corrected chi connectivity index (χ3v) is 4.04. The van der Waals surface area contributed by atoms with Gasteiger partial charge in [0.1, 0.15) is 11.9 Å². The normalized spacial score (nSPS) is 12.1. The predicted octanol–water partition coefficient (Wildman–Crippen LogP) is 5.28. The Hall–Kier alpha value is -2.48. The van der Waals surface area contributed by atoms with E-state index in [1.54, 1.807) is 0 Å². The van der Waals surface area contributed by atoms with Crippen LogP contribution in [0.3, 0.4) is 0 Å². The molecule has 0 amide bonds. The third kappa shape index (κ3) is 3.84. The molecule has 0 heterocycles. The van der Waals surface area contributed by atoms with E-state index in [1.807, 2.05) is 12.1 Å². The zero-order valence-corrected chi connectivity index (χ0v) is 13.8. The molecule has 0 aliphatic carbocycles. The van der Waals surface area contributed by atoms with Crippen LogP contribution in [0.1, 0.15) is 19.4 Å². The number of fused-ring (bicyclic) bond motifs is 1. The largest absolute Gasteiger partial charge is 0.489 e. The lowest BCUT2D eigenvalue weighted by Crippen LogP contribution is -2.22. The maximum Gasteiger partial charge on any atom is 0.119 e. The lowest BCUT2D eigenvalue weighted by Gasteiger charge is -2.17. The minimum absolute atomic E-state index is 0.0986. The van der Waals surface area contributed by atoms with E-state index in [4.69, 9.17) is 4.74 Å². The van der Waals surface area contributed by atoms with Crippen LogP contribution in [0.25, 0.3) is 10.8 Å². The SMILES string of the molecule is CCc1ccc(OC(C)CNc2cccc3ccccc23)cc1. The first kappa shape index (κ1) is 15.4. The van der Waals surface area contributed by atoms with Crippen LogP contribution in [-0.4, -0.2) is 12.6 Å². The summed E-state index contributed by atoms with van der Waals surface area (Å²) >= 11 is 0. The van der Waals surface area contributed by atoms with Gasteiger partial charge in [0.25, 0.3) is 0 Å². The van der Waals surface area contributed by atoms with Crippen LogP contribution in [0.2, 0.25) is 0 Å². The van der Waals surface area contributed by atoms with Gasteiger partial charge in [0.05, 0.1) is 6.54 Å². The number of benzene rings is 3. The van der Waals surface area contributed by atoms with Crippen molar-refractivity contribution < 1.29 is 4.74 Å². The molecular formula is C21H23NO. The molecule has 0 aliphatic rings. The molecule has 0 spiro atoms. The Balaban J connectivity index is 1.62. The van der Waals surface area contributed by atoms with Crippen LogP contribution < -0.4 is 10.1 Å². The second kappa shape index (κ2) is 7.19. The second-order valence-corrected chi connectivity index (χ2v) is 5.83. The van der Waals surface area contributed by atoms with Gasteiger partial charge >= 0.3 is 0 Å². The van der Waals surface area contributed by atoms with Gasteiger partial charge in [0.2, 0.25) is 0 Å². The van der Waals surface area contributed by atoms with Crippen molar-refractivity contribution in [3.63, 3.8) is 0 Å². The monoisotopic (exact) mass is 305 g/mol. The average Bonchev–Trinajstić information content (AvgIpc) is 2.60. The number of hydrogen-bond acceptors (Lipinski definition) is 2. The summed E-state index contributed by atoms with van der Waals surface area (Å²) < 4.78 is 5.99. The van der Waals surface area contributed by atoms with Gasteiger partial charge in [-0.25, -0.2) is 0 Å². The molecule has 0 saturated carbocycles. The fourth-order valence-electron chi connectivity index (χ4n) is 2.71. The quantitative estimate of drug-likeness (QED) is 0.669. The Labute approximate surface area is 138 Å². The van der Waals surface area contributed by atoms with Crippen molar-refractivity contribution in [2.24, 2.45) is 0 Å². The van der Waals surface area contributed by atoms with E-state index < -0.39 is 0 Å². The predicted molar refractivity (Wildman–Crippen MR) is 98.3 cm³/mol. The highest BCUT2D eigenvalue weighted by atomic mass is 16.5. The van der Waals surface area contributed by atoms with Gasteiger partial charge in [-0.15, -0.1) is 0 Å². The molecule has 23 heavy (non-hydrogen) atoms. The fourth-order valence-corrected chi connectivity index (χ4v) is 2.71. The summed E-state index contributed by atoms with van der Waals surface area (Å²) in [5.41, 5.74) is 2.48. The highest BCUT2D eigenvalue weighted by Gasteiger charge is 2.06. The maximum absolute atomic E-state index is 5.99. The summed E-state index contributed by atoms with van der Waals surface area (Å²) in [4.78, 5) is 0. The summed E-state index contributed by atoms with van der Waals surface area (Å²) in [6, 6.07) is 23.1. The molecular weight excluding hydrogens is 282 g/mol. The zero-order chi connectivity index (χ0) is 16.1. The van der Waals surface area contributed by atoms with E-state index in [1.165, 1.54) is 16.3 Å². The van der Waals surface area contributed by atoms with E-state index in [0.29, 0.717) is 0 Å². The molecule has 0 bridgehead atoms. The number of hydrogen-bond donors (Lipinski definition) is 1. The minimum atomic E-state index is 0.0986. The standard InChI is InChI=1S/C21H23NO/c1-3-17-11-13-19(14-12-17)23-16(2)15-22-21-10-6-8-18-7-4-5-9-20(18)21/h4-14,16,22H,3,15H2,1-2H3. The highest BCUT2D eigenvalue weighted by Crippen LogP contribution is 2.23. The van der Waals surface area contributed by atoms with Gasteiger partial charge in [-0.3, -0.25) is 0 Å². The Morgan fingerprint density at radius 3 is 2.43 bits per heavy atom. The Morgan fingerprint density at radius 1 is 0.913 bits per heavy atom. The van der Waals surface area contributed by atoms with Gasteiger partial charge in [-0.1, -0.05) is 55.5 Å². The van der Waals surface area contributed by atoms with E-state index in [0.717, 1.165) is 24.4 Å². The van der Waals surface area contributed by atoms with Crippen LogP contribution in [0, 0.1) is 0 Å². The van der Waals surface area contributed by atoms with Gasteiger partial charge in [-0.05, 0) is 42.5 Å². The van der Waals surface area contributed by atoms with Gasteiger partial charge in [-0.2, -0.15) is 0 Å². The molecule has 0 aromatic heterocycles. The lowest BCUT2D eigenvalue weighted by atomic mass is 10.1. The van der Waals surface area contributed by atoms with Crippen molar-refractivity contribution >= 4 is 16.5 Å². The molecule has 0 saturated heterocycles. The first-order chi connectivity index (χ1) is 11.3. The average molecular weight is 305 g/mol. The highest BCUT2D eigenvalue weighted by molar-refractivity contribution is 5.93. The number of nitrogens with one attached hydrogen (secondary N) is 1. The molecule has 2 nitrogen and oxygen atoms in total. The zero-order valence-electron chi connectivity index (χ0n) is 13.8. The molecule has 2 heteroatoms. The molecule has 3 aromatic carbocycles. The molecule has 3 aromatic rings. The van der Waals surface area contributed by atoms with Crippen LogP contribution in [0.5, 0.6) is 5.75 Å². The smallest absolute Gasteiger partial charge is 0.119 e. The van der Waals surface area contributed by atoms with Crippen molar-refractivity contribution in [2.45, 2.75) is 26.4 Å². The maximum atomic E-state index is 5.99. The van der Waals surface area contributed by atoms with E-state index in [2.05, 4.69) is 73.8 Å². The number of ether oxygens (including phenoxy) is 1. The molecule has 0 radical (unpaired) electrons. The Morgan fingerprint density at radius 2 is 1.65 bits per heavy atom. The summed E-state index contributed by atoms with van der Waals surface area (Å²) in [7, 11) is 0. The van der Waals surface area contributed by atoms with Gasteiger partial charge in [0, 0.05) is 11.1 Å². The van der Waals surface area contributed by atoms with Crippen LogP contribution in [0.4, 0.5) is 5.69 Å². The van der Waals surface area contributed by atoms with Crippen molar-refractivity contribution in [3.05, 3.63) is 72.3 Å². The van der Waals surface area contributed by atoms with Crippen molar-refractivity contribution in [3.8, 4) is 5.75 Å². The van der Waals surface area contributed by atoms with Crippen molar-refractivity contribution in [1.29, 1.82) is 0 Å². The molecule has 1 N–H and O–H groups in total. The van der Waals surface area contributed by atoms with Crippen molar-refractivity contribution in [2.75, 3.05) is 11.9 Å². The molecule has 118 valence electrons. The topological polar surface area (TPSA) is 21.3 Å². The Bertz CT molecular complexity index is 759. The summed E-state index contributed by atoms with van der Waals surface area (Å²) in [6.45, 7) is 5.02. The first-order valence-corrected chi connectivity index (χ1v) is 8.23. The Kier molecular flexibility index (Phi) is 4.82. The van der Waals surface area contributed by atoms with Crippen LogP contribution in [-0.2, 0) is 6.42 Å². The molecule has 0 fully saturated rings. The number of aryl methyl sites for hydroxylation is 1. The molecule has 1 atom stereocenters. The summed E-state index contributed by atoms with van der Waals surface area (Å²) in [5, 5.41) is 6.00. The van der Waals surface area contributed by atoms with E-state index >= 15 is 0 Å². The summed E-state index contributed by atoms with van der Waals surface area (Å²) in [6.07, 6.45) is 1.15. The van der Waals surface area contributed by atoms with Gasteiger partial charge in [0.15, 0.2) is 0 Å². The number of rotatable bonds is 6. The second-order valence-electron chi connectivity index (χ2n) is 5.83. The first-order valence-electron chi connectivity index (χ1n) is 8.23. The van der Waals surface area contributed by atoms with E-state index in [9.17, 15) is 0 Å². The fraction of sp³-hybridized carbons (Fsp3) is 0.238. The number of anilines is 1.